The van der Waals surface area contributed by atoms with E-state index in [0.29, 0.717) is 55.2 Å². The van der Waals surface area contributed by atoms with Crippen LogP contribution >= 0.6 is 0 Å². The van der Waals surface area contributed by atoms with Gasteiger partial charge in [0.1, 0.15) is 17.4 Å². The van der Waals surface area contributed by atoms with Crippen LogP contribution in [0.1, 0.15) is 102 Å². The van der Waals surface area contributed by atoms with Crippen molar-refractivity contribution in [2.75, 3.05) is 24.6 Å². The van der Waals surface area contributed by atoms with Gasteiger partial charge in [-0.05, 0) is 105 Å². The molecule has 0 unspecified atom stereocenters. The third-order valence-electron chi connectivity index (χ3n) is 8.63. The fourth-order valence-corrected chi connectivity index (χ4v) is 6.25. The molecule has 240 valence electrons. The number of piperidine rings is 1. The second kappa shape index (κ2) is 13.0. The maximum absolute atomic E-state index is 14.2. The Kier molecular flexibility index (Phi) is 9.51. The highest BCUT2D eigenvalue weighted by Gasteiger charge is 2.37. The molecule has 0 radical (unpaired) electrons. The Balaban J connectivity index is 1.55. The molecule has 3 aliphatic rings. The molecule has 0 aliphatic carbocycles. The predicted octanol–water partition coefficient (Wildman–Crippen LogP) is 6.62. The first kappa shape index (κ1) is 32.2. The minimum atomic E-state index is -1.20. The zero-order valence-corrected chi connectivity index (χ0v) is 27.0. The largest absolute Gasteiger partial charge is 0.490 e. The Morgan fingerprint density at radius 3 is 2.61 bits per heavy atom. The highest BCUT2D eigenvalue weighted by atomic mass is 19.1. The Labute approximate surface area is 259 Å². The highest BCUT2D eigenvalue weighted by Crippen LogP contribution is 2.38. The summed E-state index contributed by atoms with van der Waals surface area (Å²) in [4.78, 5) is 19.7. The van der Waals surface area contributed by atoms with Crippen molar-refractivity contribution >= 4 is 17.4 Å². The zero-order chi connectivity index (χ0) is 31.6. The van der Waals surface area contributed by atoms with Crippen molar-refractivity contribution in [3.05, 3.63) is 52.6 Å². The van der Waals surface area contributed by atoms with Crippen molar-refractivity contribution in [3.63, 3.8) is 0 Å². The highest BCUT2D eigenvalue weighted by molar-refractivity contribution is 5.78. The van der Waals surface area contributed by atoms with Crippen molar-refractivity contribution < 1.29 is 28.5 Å². The van der Waals surface area contributed by atoms with Crippen LogP contribution in [0.2, 0.25) is 0 Å². The summed E-state index contributed by atoms with van der Waals surface area (Å²) in [5.41, 5.74) is 2.68. The molecule has 9 nitrogen and oxygen atoms in total. The Morgan fingerprint density at radius 2 is 1.91 bits per heavy atom. The number of fused-ring (bicyclic) bond motifs is 10. The maximum atomic E-state index is 14.2. The van der Waals surface area contributed by atoms with Gasteiger partial charge >= 0.3 is 5.97 Å². The van der Waals surface area contributed by atoms with Gasteiger partial charge in [0.05, 0.1) is 28.6 Å². The summed E-state index contributed by atoms with van der Waals surface area (Å²) < 4.78 is 34.8. The van der Waals surface area contributed by atoms with Crippen LogP contribution in [0.5, 0.6) is 5.75 Å². The Bertz CT molecular complexity index is 1470. The summed E-state index contributed by atoms with van der Waals surface area (Å²) in [5, 5.41) is 15.3. The van der Waals surface area contributed by atoms with E-state index in [4.69, 9.17) is 24.3 Å². The average molecular weight is 611 g/mol. The van der Waals surface area contributed by atoms with Crippen LogP contribution < -0.4 is 9.64 Å². The van der Waals surface area contributed by atoms with Crippen LogP contribution in [0.15, 0.2) is 24.3 Å². The lowest BCUT2D eigenvalue weighted by Gasteiger charge is -2.41. The molecule has 6 rings (SSSR count). The molecule has 1 aromatic carbocycles. The molecular weight excluding hydrogens is 563 g/mol. The molecule has 2 aromatic heterocycles. The van der Waals surface area contributed by atoms with E-state index in [1.165, 1.54) is 12.1 Å². The number of anilines is 1. The van der Waals surface area contributed by atoms with Gasteiger partial charge in [0.15, 0.2) is 11.8 Å². The van der Waals surface area contributed by atoms with E-state index < -0.39 is 17.7 Å². The zero-order valence-electron chi connectivity index (χ0n) is 27.0. The molecule has 1 N–H and O–H groups in total. The Morgan fingerprint density at radius 1 is 1.16 bits per heavy atom. The third kappa shape index (κ3) is 7.51. The number of aromatic nitrogens is 3. The van der Waals surface area contributed by atoms with E-state index in [0.717, 1.165) is 55.6 Å². The van der Waals surface area contributed by atoms with Gasteiger partial charge in [-0.2, -0.15) is 9.61 Å². The number of hydrogen-bond acceptors (Lipinski definition) is 7. The molecule has 10 heteroatoms. The Hall–Kier alpha value is -3.24. The number of benzene rings is 1. The van der Waals surface area contributed by atoms with Crippen molar-refractivity contribution in [1.82, 2.24) is 14.6 Å². The molecule has 0 amide bonds. The lowest BCUT2D eigenvalue weighted by atomic mass is 9.92. The fraction of sp³-hybridized carbons (Fsp3) is 0.618. The molecule has 0 saturated carbocycles. The normalized spacial score (nSPS) is 22.9. The van der Waals surface area contributed by atoms with Gasteiger partial charge in [0.25, 0.3) is 0 Å². The average Bonchev–Trinajstić information content (AvgIpc) is 3.34. The summed E-state index contributed by atoms with van der Waals surface area (Å²) >= 11 is 0. The number of carboxylic acids is 1. The van der Waals surface area contributed by atoms with Crippen LogP contribution in [0.4, 0.5) is 10.2 Å². The number of rotatable bonds is 3. The number of aliphatic carboxylic acids is 1. The topological polar surface area (TPSA) is 98.4 Å². The van der Waals surface area contributed by atoms with Crippen LogP contribution in [0.25, 0.3) is 5.65 Å². The maximum Gasteiger partial charge on any atom is 0.337 e. The first-order valence-corrected chi connectivity index (χ1v) is 16.0. The van der Waals surface area contributed by atoms with Gasteiger partial charge in [-0.3, -0.25) is 0 Å². The smallest absolute Gasteiger partial charge is 0.337 e. The second-order valence-corrected chi connectivity index (χ2v) is 13.6. The van der Waals surface area contributed by atoms with Crippen molar-refractivity contribution in [1.29, 1.82) is 0 Å². The molecule has 3 aliphatic heterocycles. The molecule has 0 spiro atoms. The molecular formula is C34H47FN4O5. The van der Waals surface area contributed by atoms with Crippen molar-refractivity contribution in [2.24, 2.45) is 0 Å². The number of carboxylic acid groups (broad SMARTS) is 1. The minimum absolute atomic E-state index is 0.0303. The summed E-state index contributed by atoms with van der Waals surface area (Å²) in [6.07, 6.45) is 5.26. The lowest BCUT2D eigenvalue weighted by Crippen LogP contribution is -2.46. The number of carbonyl (C=O) groups is 1. The molecule has 1 fully saturated rings. The molecule has 1 saturated heterocycles. The first-order valence-electron chi connectivity index (χ1n) is 16.0. The lowest BCUT2D eigenvalue weighted by molar-refractivity contribution is -0.160. The number of hydrogen-bond donors (Lipinski definition) is 1. The van der Waals surface area contributed by atoms with Crippen molar-refractivity contribution in [3.8, 4) is 5.75 Å². The summed E-state index contributed by atoms with van der Waals surface area (Å²) in [5.74, 6) is -0.0537. The van der Waals surface area contributed by atoms with E-state index in [9.17, 15) is 14.3 Å². The van der Waals surface area contributed by atoms with E-state index in [1.54, 1.807) is 4.52 Å². The van der Waals surface area contributed by atoms with Crippen LogP contribution in [0.3, 0.4) is 0 Å². The SMILES string of the molecule is Cc1nc2cc3nn2c(c1[C@H](OC(C)(C)C)C(=O)O)N1CCC(C)(CC1)OCCCC[C@@H](C)Oc1cc(F)ccc1CCC3. The van der Waals surface area contributed by atoms with Gasteiger partial charge in [-0.15, -0.1) is 0 Å². The summed E-state index contributed by atoms with van der Waals surface area (Å²) in [7, 11) is 0. The summed E-state index contributed by atoms with van der Waals surface area (Å²) in [6, 6.07) is 6.75. The number of ether oxygens (including phenoxy) is 3. The predicted molar refractivity (Wildman–Crippen MR) is 167 cm³/mol. The van der Waals surface area contributed by atoms with Crippen molar-refractivity contribution in [2.45, 2.75) is 116 Å². The summed E-state index contributed by atoms with van der Waals surface area (Å²) in [6.45, 7) is 13.7. The third-order valence-corrected chi connectivity index (χ3v) is 8.63. The van der Waals surface area contributed by atoms with E-state index in [2.05, 4.69) is 11.8 Å². The van der Waals surface area contributed by atoms with Gasteiger partial charge < -0.3 is 24.2 Å². The van der Waals surface area contributed by atoms with Crippen LogP contribution in [-0.2, 0) is 27.1 Å². The quantitative estimate of drug-likeness (QED) is 0.353. The molecule has 3 aromatic rings. The van der Waals surface area contributed by atoms with E-state index in [1.807, 2.05) is 46.8 Å². The monoisotopic (exact) mass is 610 g/mol. The van der Waals surface area contributed by atoms with Crippen LogP contribution in [0, 0.1) is 12.7 Å². The van der Waals surface area contributed by atoms with Gasteiger partial charge in [0.2, 0.25) is 0 Å². The number of halogens is 1. The standard InChI is InChI=1S/C34H47FN4O5/c1-22-10-7-8-19-42-34(6)15-17-38(18-16-34)31-29(30(32(40)41)44-33(3,4)5)23(2)36-28-21-26(37-39(28)31)12-9-11-24-13-14-25(35)20-27(24)43-22/h13-14,20-22,30H,7-12,15-19H2,1-6H3,(H,40,41)/t22-,30+/m1/s1. The van der Waals surface area contributed by atoms with Gasteiger partial charge in [-0.25, -0.2) is 14.2 Å². The fourth-order valence-electron chi connectivity index (χ4n) is 6.25. The van der Waals surface area contributed by atoms with E-state index >= 15 is 0 Å². The van der Waals surface area contributed by atoms with Gasteiger partial charge in [0, 0.05) is 37.5 Å². The van der Waals surface area contributed by atoms with Gasteiger partial charge in [-0.1, -0.05) is 6.07 Å². The molecule has 2 atom stereocenters. The molecule has 44 heavy (non-hydrogen) atoms. The first-order chi connectivity index (χ1) is 20.8. The van der Waals surface area contributed by atoms with Crippen LogP contribution in [-0.4, -0.2) is 62.7 Å². The minimum Gasteiger partial charge on any atom is -0.490 e. The molecule has 4 bridgehead atoms. The number of nitrogens with zero attached hydrogens (tertiary/aromatic N) is 4. The number of aryl methyl sites for hydroxylation is 3. The molecule has 5 heterocycles. The second-order valence-electron chi connectivity index (χ2n) is 13.6. The van der Waals surface area contributed by atoms with E-state index in [-0.39, 0.29) is 17.5 Å².